The van der Waals surface area contributed by atoms with Gasteiger partial charge in [0.2, 0.25) is 0 Å². The molecule has 26 heavy (non-hydrogen) atoms. The molecule has 1 aliphatic rings. The third-order valence-corrected chi connectivity index (χ3v) is 4.95. The number of anilines is 1. The number of hydrogen-bond donors (Lipinski definition) is 0. The summed E-state index contributed by atoms with van der Waals surface area (Å²) >= 11 is 0. The summed E-state index contributed by atoms with van der Waals surface area (Å²) in [6.07, 6.45) is -6.77. The first kappa shape index (κ1) is 18.3. The summed E-state index contributed by atoms with van der Waals surface area (Å²) in [5.41, 5.74) is -0.894. The van der Waals surface area contributed by atoms with E-state index in [0.717, 1.165) is 12.1 Å². The lowest BCUT2D eigenvalue weighted by Crippen LogP contribution is -2.43. The van der Waals surface area contributed by atoms with E-state index in [2.05, 4.69) is 9.99 Å². The monoisotopic (exact) mass is 390 g/mol. The molecular formula is C16H11F5N2O2S. The van der Waals surface area contributed by atoms with Crippen LogP contribution in [0.2, 0.25) is 0 Å². The van der Waals surface area contributed by atoms with E-state index in [1.165, 1.54) is 0 Å². The molecule has 1 heterocycles. The first-order chi connectivity index (χ1) is 12.3. The van der Waals surface area contributed by atoms with Gasteiger partial charge in [0.1, 0.15) is 6.34 Å². The molecule has 1 aliphatic heterocycles. The Kier molecular flexibility index (Phi) is 4.94. The van der Waals surface area contributed by atoms with Crippen LogP contribution < -0.4 is 4.90 Å². The van der Waals surface area contributed by atoms with Crippen LogP contribution in [0.25, 0.3) is 0 Å². The fourth-order valence-corrected chi connectivity index (χ4v) is 3.47. The molecule has 0 spiro atoms. The van der Waals surface area contributed by atoms with Gasteiger partial charge in [-0.3, -0.25) is 9.11 Å². The first-order valence-corrected chi connectivity index (χ1v) is 8.55. The summed E-state index contributed by atoms with van der Waals surface area (Å²) in [5.74, 6) is -3.19. The van der Waals surface area contributed by atoms with Gasteiger partial charge in [-0.1, -0.05) is 29.4 Å². The van der Waals surface area contributed by atoms with Crippen molar-refractivity contribution < 1.29 is 31.0 Å². The normalized spacial score (nSPS) is 18.0. The van der Waals surface area contributed by atoms with Crippen LogP contribution >= 0.6 is 0 Å². The zero-order valence-corrected chi connectivity index (χ0v) is 13.7. The lowest BCUT2D eigenvalue weighted by Gasteiger charge is -2.24. The maximum Gasteiger partial charge on any atom is 0.448 e. The molecule has 0 fully saturated rings. The largest absolute Gasteiger partial charge is 0.448 e. The van der Waals surface area contributed by atoms with Crippen LogP contribution in [0.5, 0.6) is 0 Å². The van der Waals surface area contributed by atoms with Crippen molar-refractivity contribution >= 4 is 22.8 Å². The van der Waals surface area contributed by atoms with Crippen LogP contribution in [0.15, 0.2) is 52.5 Å². The van der Waals surface area contributed by atoms with Crippen LogP contribution in [-0.4, -0.2) is 23.0 Å². The van der Waals surface area contributed by atoms with Crippen LogP contribution in [0.4, 0.5) is 27.6 Å². The van der Waals surface area contributed by atoms with E-state index in [1.54, 1.807) is 30.3 Å². The van der Waals surface area contributed by atoms with Gasteiger partial charge in [-0.2, -0.15) is 13.2 Å². The molecule has 10 heteroatoms. The van der Waals surface area contributed by atoms with E-state index in [4.69, 9.17) is 0 Å². The standard InChI is InChI=1S/C16H11F5N2O2S/c17-13-10(8-26(24)11-4-2-1-3-5-11)6-7-12(14(13)18)23-9-22-25-15(23)16(19,20)21/h1-7,9,15H,8H2. The molecule has 0 N–H and O–H groups in total. The Balaban J connectivity index is 1.87. The lowest BCUT2D eigenvalue weighted by molar-refractivity contribution is -0.211. The van der Waals surface area contributed by atoms with Gasteiger partial charge in [0.05, 0.1) is 22.2 Å². The van der Waals surface area contributed by atoms with E-state index < -0.39 is 40.5 Å². The molecule has 3 rings (SSSR count). The number of oxime groups is 1. The van der Waals surface area contributed by atoms with Gasteiger partial charge in [0.25, 0.3) is 0 Å². The molecule has 2 atom stereocenters. The molecule has 0 amide bonds. The number of benzene rings is 2. The van der Waals surface area contributed by atoms with Gasteiger partial charge < -0.3 is 4.84 Å². The Labute approximate surface area is 147 Å². The molecule has 2 aromatic rings. The highest BCUT2D eigenvalue weighted by Gasteiger charge is 2.49. The number of alkyl halides is 3. The van der Waals surface area contributed by atoms with Crippen molar-refractivity contribution in [2.45, 2.75) is 23.1 Å². The van der Waals surface area contributed by atoms with Gasteiger partial charge >= 0.3 is 12.4 Å². The smallest absolute Gasteiger partial charge is 0.359 e. The van der Waals surface area contributed by atoms with Crippen LogP contribution in [0, 0.1) is 11.6 Å². The Morgan fingerprint density at radius 1 is 1.08 bits per heavy atom. The molecule has 2 aromatic carbocycles. The van der Waals surface area contributed by atoms with E-state index in [9.17, 15) is 26.2 Å². The topological polar surface area (TPSA) is 41.9 Å². The summed E-state index contributed by atoms with van der Waals surface area (Å²) in [5, 5.41) is 3.01. The second-order valence-electron chi connectivity index (χ2n) is 5.30. The van der Waals surface area contributed by atoms with Gasteiger partial charge in [-0.05, 0) is 18.2 Å². The number of nitrogens with zero attached hydrogens (tertiary/aromatic N) is 2. The third-order valence-electron chi connectivity index (χ3n) is 3.58. The van der Waals surface area contributed by atoms with Crippen molar-refractivity contribution in [2.75, 3.05) is 4.90 Å². The van der Waals surface area contributed by atoms with Crippen LogP contribution in [-0.2, 0) is 21.4 Å². The number of hydrogen-bond acceptors (Lipinski definition) is 4. The van der Waals surface area contributed by atoms with E-state index in [1.807, 2.05) is 0 Å². The quantitative estimate of drug-likeness (QED) is 0.743. The zero-order chi connectivity index (χ0) is 18.9. The van der Waals surface area contributed by atoms with E-state index in [0.29, 0.717) is 16.1 Å². The Bertz CT molecular complexity index is 858. The van der Waals surface area contributed by atoms with Crippen molar-refractivity contribution in [3.05, 3.63) is 59.7 Å². The Morgan fingerprint density at radius 3 is 2.42 bits per heavy atom. The van der Waals surface area contributed by atoms with Crippen molar-refractivity contribution in [1.82, 2.24) is 0 Å². The molecule has 0 radical (unpaired) electrons. The average molecular weight is 390 g/mol. The summed E-state index contributed by atoms with van der Waals surface area (Å²) < 4.78 is 79.5. The van der Waals surface area contributed by atoms with Crippen LogP contribution in [0.1, 0.15) is 5.56 Å². The number of halogens is 5. The predicted octanol–water partition coefficient (Wildman–Crippen LogP) is 3.94. The SMILES string of the molecule is O=S(Cc1ccc(N2C=NOC2C(F)(F)F)c(F)c1F)c1ccccc1. The third kappa shape index (κ3) is 3.55. The highest BCUT2D eigenvalue weighted by Crippen LogP contribution is 2.34. The van der Waals surface area contributed by atoms with Gasteiger partial charge in [0, 0.05) is 10.5 Å². The average Bonchev–Trinajstić information content (AvgIpc) is 3.10. The molecule has 2 unspecified atom stereocenters. The van der Waals surface area contributed by atoms with Gasteiger partial charge in [0.15, 0.2) is 11.6 Å². The summed E-state index contributed by atoms with van der Waals surface area (Å²) in [4.78, 5) is 4.93. The van der Waals surface area contributed by atoms with Crippen molar-refractivity contribution in [1.29, 1.82) is 0 Å². The summed E-state index contributed by atoms with van der Waals surface area (Å²) in [7, 11) is -1.63. The molecular weight excluding hydrogens is 379 g/mol. The fourth-order valence-electron chi connectivity index (χ4n) is 2.34. The van der Waals surface area contributed by atoms with E-state index in [-0.39, 0.29) is 11.3 Å². The Morgan fingerprint density at radius 2 is 1.77 bits per heavy atom. The van der Waals surface area contributed by atoms with Crippen molar-refractivity contribution in [3.63, 3.8) is 0 Å². The lowest BCUT2D eigenvalue weighted by atomic mass is 10.2. The molecule has 0 aliphatic carbocycles. The van der Waals surface area contributed by atoms with Gasteiger partial charge in [-0.15, -0.1) is 0 Å². The fraction of sp³-hybridized carbons (Fsp3) is 0.188. The minimum Gasteiger partial charge on any atom is -0.359 e. The second-order valence-corrected chi connectivity index (χ2v) is 6.75. The summed E-state index contributed by atoms with van der Waals surface area (Å²) in [6.45, 7) is 0. The minimum atomic E-state index is -4.85. The van der Waals surface area contributed by atoms with Gasteiger partial charge in [-0.25, -0.2) is 8.78 Å². The highest BCUT2D eigenvalue weighted by atomic mass is 32.2. The Hall–Kier alpha value is -2.49. The van der Waals surface area contributed by atoms with Crippen molar-refractivity contribution in [2.24, 2.45) is 5.16 Å². The molecule has 0 saturated carbocycles. The molecule has 0 aromatic heterocycles. The maximum atomic E-state index is 14.3. The molecule has 4 nitrogen and oxygen atoms in total. The van der Waals surface area contributed by atoms with E-state index >= 15 is 0 Å². The molecule has 138 valence electrons. The summed E-state index contributed by atoms with van der Waals surface area (Å²) in [6, 6.07) is 10.2. The molecule has 0 bridgehead atoms. The highest BCUT2D eigenvalue weighted by molar-refractivity contribution is 7.84. The second kappa shape index (κ2) is 7.02. The molecule has 0 saturated heterocycles. The first-order valence-electron chi connectivity index (χ1n) is 7.23. The maximum absolute atomic E-state index is 14.3. The van der Waals surface area contributed by atoms with Crippen molar-refractivity contribution in [3.8, 4) is 0 Å². The predicted molar refractivity (Wildman–Crippen MR) is 84.8 cm³/mol. The van der Waals surface area contributed by atoms with Crippen LogP contribution in [0.3, 0.4) is 0 Å². The zero-order valence-electron chi connectivity index (χ0n) is 12.9. The minimum absolute atomic E-state index is 0.214. The number of rotatable bonds is 4.